The summed E-state index contributed by atoms with van der Waals surface area (Å²) in [5.74, 6) is 1.98. The Kier molecular flexibility index (Phi) is 7.72. The third kappa shape index (κ3) is 6.37. The molecule has 0 bridgehead atoms. The zero-order chi connectivity index (χ0) is 15.9. The van der Waals surface area contributed by atoms with Crippen molar-refractivity contribution >= 4 is 5.91 Å². The van der Waals surface area contributed by atoms with E-state index >= 15 is 0 Å². The number of rotatable bonds is 7. The van der Waals surface area contributed by atoms with Gasteiger partial charge < -0.3 is 10.2 Å². The smallest absolute Gasteiger partial charge is 0.223 e. The van der Waals surface area contributed by atoms with Gasteiger partial charge in [0, 0.05) is 26.1 Å². The Morgan fingerprint density at radius 3 is 2.14 bits per heavy atom. The molecule has 1 aliphatic rings. The summed E-state index contributed by atoms with van der Waals surface area (Å²) in [6.07, 6.45) is 6.07. The first-order chi connectivity index (χ1) is 9.88. The standard InChI is InChI=1S/C18H36N2O/c1-6-20(7-2)17(21)12-13-19-14-15-8-10-16(11-9-15)18(3,4)5/h15-16,19H,6-14H2,1-5H3. The number of hydrogen-bond donors (Lipinski definition) is 1. The molecule has 0 unspecified atom stereocenters. The van der Waals surface area contributed by atoms with E-state index in [0.29, 0.717) is 11.8 Å². The number of carbonyl (C=O) groups is 1. The number of nitrogens with zero attached hydrogens (tertiary/aromatic N) is 1. The first-order valence-corrected chi connectivity index (χ1v) is 8.86. The maximum Gasteiger partial charge on any atom is 0.223 e. The molecule has 1 N–H and O–H groups in total. The van der Waals surface area contributed by atoms with Crippen molar-refractivity contribution in [3.05, 3.63) is 0 Å². The second kappa shape index (κ2) is 8.77. The van der Waals surface area contributed by atoms with Gasteiger partial charge in [-0.3, -0.25) is 4.79 Å². The van der Waals surface area contributed by atoms with Crippen LogP contribution in [0.5, 0.6) is 0 Å². The maximum absolute atomic E-state index is 11.9. The Morgan fingerprint density at radius 1 is 1.10 bits per heavy atom. The monoisotopic (exact) mass is 296 g/mol. The van der Waals surface area contributed by atoms with Crippen molar-refractivity contribution in [3.63, 3.8) is 0 Å². The number of hydrogen-bond acceptors (Lipinski definition) is 2. The molecule has 0 heterocycles. The molecule has 1 aliphatic carbocycles. The normalized spacial score (nSPS) is 23.1. The van der Waals surface area contributed by atoms with E-state index in [1.807, 2.05) is 18.7 Å². The molecule has 21 heavy (non-hydrogen) atoms. The van der Waals surface area contributed by atoms with Crippen LogP contribution in [0.1, 0.15) is 66.7 Å². The predicted molar refractivity (Wildman–Crippen MR) is 90.3 cm³/mol. The minimum Gasteiger partial charge on any atom is -0.343 e. The molecule has 1 amide bonds. The molecule has 1 saturated carbocycles. The van der Waals surface area contributed by atoms with Crippen molar-refractivity contribution in [2.75, 3.05) is 26.2 Å². The van der Waals surface area contributed by atoms with Gasteiger partial charge in [-0.2, -0.15) is 0 Å². The summed E-state index contributed by atoms with van der Waals surface area (Å²) in [6, 6.07) is 0. The molecule has 0 atom stereocenters. The predicted octanol–water partition coefficient (Wildman–Crippen LogP) is 3.69. The highest BCUT2D eigenvalue weighted by Crippen LogP contribution is 2.39. The van der Waals surface area contributed by atoms with Gasteiger partial charge in [-0.25, -0.2) is 0 Å². The molecule has 124 valence electrons. The lowest BCUT2D eigenvalue weighted by Crippen LogP contribution is -2.35. The zero-order valence-corrected chi connectivity index (χ0v) is 14.9. The average molecular weight is 296 g/mol. The van der Waals surface area contributed by atoms with Crippen LogP contribution in [0.3, 0.4) is 0 Å². The molecule has 0 spiro atoms. The van der Waals surface area contributed by atoms with E-state index in [1.165, 1.54) is 25.7 Å². The Morgan fingerprint density at radius 2 is 1.67 bits per heavy atom. The molecule has 0 radical (unpaired) electrons. The van der Waals surface area contributed by atoms with Gasteiger partial charge in [-0.15, -0.1) is 0 Å². The number of amides is 1. The fourth-order valence-corrected chi connectivity index (χ4v) is 3.47. The van der Waals surface area contributed by atoms with Crippen LogP contribution in [-0.4, -0.2) is 37.0 Å². The number of carbonyl (C=O) groups excluding carboxylic acids is 1. The lowest BCUT2D eigenvalue weighted by atomic mass is 9.70. The van der Waals surface area contributed by atoms with Crippen LogP contribution < -0.4 is 5.32 Å². The summed E-state index contributed by atoms with van der Waals surface area (Å²) in [6.45, 7) is 14.8. The van der Waals surface area contributed by atoms with Gasteiger partial charge in [0.05, 0.1) is 0 Å². The van der Waals surface area contributed by atoms with Gasteiger partial charge in [0.25, 0.3) is 0 Å². The highest BCUT2D eigenvalue weighted by molar-refractivity contribution is 5.76. The Labute approximate surface area is 131 Å². The first-order valence-electron chi connectivity index (χ1n) is 8.86. The topological polar surface area (TPSA) is 32.3 Å². The largest absolute Gasteiger partial charge is 0.343 e. The molecule has 0 aliphatic heterocycles. The van der Waals surface area contributed by atoms with Crippen molar-refractivity contribution in [2.45, 2.75) is 66.7 Å². The fraction of sp³-hybridized carbons (Fsp3) is 0.944. The summed E-state index contributed by atoms with van der Waals surface area (Å²) in [7, 11) is 0. The first kappa shape index (κ1) is 18.5. The summed E-state index contributed by atoms with van der Waals surface area (Å²) >= 11 is 0. The summed E-state index contributed by atoms with van der Waals surface area (Å²) < 4.78 is 0. The minimum absolute atomic E-state index is 0.281. The van der Waals surface area contributed by atoms with Crippen molar-refractivity contribution in [3.8, 4) is 0 Å². The zero-order valence-electron chi connectivity index (χ0n) is 14.9. The molecule has 1 fully saturated rings. The summed E-state index contributed by atoms with van der Waals surface area (Å²) in [4.78, 5) is 13.8. The lowest BCUT2D eigenvalue weighted by molar-refractivity contribution is -0.130. The molecule has 3 nitrogen and oxygen atoms in total. The van der Waals surface area contributed by atoms with Crippen LogP contribution >= 0.6 is 0 Å². The van der Waals surface area contributed by atoms with Crippen LogP contribution in [0.15, 0.2) is 0 Å². The Balaban J connectivity index is 2.14. The summed E-state index contributed by atoms with van der Waals surface area (Å²) in [5, 5.41) is 3.50. The van der Waals surface area contributed by atoms with Gasteiger partial charge >= 0.3 is 0 Å². The Bertz CT molecular complexity index is 297. The third-order valence-electron chi connectivity index (χ3n) is 5.14. The van der Waals surface area contributed by atoms with Gasteiger partial charge in [-0.05, 0) is 63.3 Å². The third-order valence-corrected chi connectivity index (χ3v) is 5.14. The van der Waals surface area contributed by atoms with Crippen LogP contribution in [-0.2, 0) is 4.79 Å². The van der Waals surface area contributed by atoms with E-state index in [1.54, 1.807) is 0 Å². The molecular formula is C18H36N2O. The van der Waals surface area contributed by atoms with Gasteiger partial charge in [0.2, 0.25) is 5.91 Å². The van der Waals surface area contributed by atoms with E-state index in [9.17, 15) is 4.79 Å². The van der Waals surface area contributed by atoms with Crippen molar-refractivity contribution in [1.82, 2.24) is 10.2 Å². The second-order valence-electron chi connectivity index (χ2n) is 7.60. The SMILES string of the molecule is CCN(CC)C(=O)CCNCC1CCC(C(C)(C)C)CC1. The average Bonchev–Trinajstić information content (AvgIpc) is 2.44. The van der Waals surface area contributed by atoms with Crippen molar-refractivity contribution in [2.24, 2.45) is 17.3 Å². The highest BCUT2D eigenvalue weighted by Gasteiger charge is 2.29. The lowest BCUT2D eigenvalue weighted by Gasteiger charge is -2.37. The van der Waals surface area contributed by atoms with Crippen molar-refractivity contribution < 1.29 is 4.79 Å². The highest BCUT2D eigenvalue weighted by atomic mass is 16.2. The molecule has 1 rings (SSSR count). The van der Waals surface area contributed by atoms with E-state index in [0.717, 1.165) is 38.0 Å². The molecular weight excluding hydrogens is 260 g/mol. The van der Waals surface area contributed by atoms with Gasteiger partial charge in [0.1, 0.15) is 0 Å². The quantitative estimate of drug-likeness (QED) is 0.727. The van der Waals surface area contributed by atoms with E-state index in [4.69, 9.17) is 0 Å². The molecule has 0 saturated heterocycles. The number of nitrogens with one attached hydrogen (secondary N) is 1. The van der Waals surface area contributed by atoms with Crippen molar-refractivity contribution in [1.29, 1.82) is 0 Å². The molecule has 3 heteroatoms. The van der Waals surface area contributed by atoms with Gasteiger partial charge in [-0.1, -0.05) is 20.8 Å². The van der Waals surface area contributed by atoms with E-state index in [2.05, 4.69) is 26.1 Å². The second-order valence-corrected chi connectivity index (χ2v) is 7.60. The molecule has 0 aromatic rings. The summed E-state index contributed by atoms with van der Waals surface area (Å²) in [5.41, 5.74) is 0.467. The maximum atomic E-state index is 11.9. The van der Waals surface area contributed by atoms with E-state index in [-0.39, 0.29) is 5.91 Å². The van der Waals surface area contributed by atoms with Crippen LogP contribution in [0.25, 0.3) is 0 Å². The van der Waals surface area contributed by atoms with E-state index < -0.39 is 0 Å². The Hall–Kier alpha value is -0.570. The molecule has 0 aromatic carbocycles. The fourth-order valence-electron chi connectivity index (χ4n) is 3.47. The van der Waals surface area contributed by atoms with Crippen LogP contribution in [0.4, 0.5) is 0 Å². The van der Waals surface area contributed by atoms with Crippen LogP contribution in [0, 0.1) is 17.3 Å². The minimum atomic E-state index is 0.281. The van der Waals surface area contributed by atoms with Crippen LogP contribution in [0.2, 0.25) is 0 Å². The molecule has 0 aromatic heterocycles. The van der Waals surface area contributed by atoms with Gasteiger partial charge in [0.15, 0.2) is 0 Å².